The van der Waals surface area contributed by atoms with Crippen LogP contribution >= 0.6 is 11.6 Å². The number of rotatable bonds is 2. The zero-order chi connectivity index (χ0) is 16.6. The van der Waals surface area contributed by atoms with E-state index in [2.05, 4.69) is 10.4 Å². The van der Waals surface area contributed by atoms with Crippen LogP contribution in [0.2, 0.25) is 5.02 Å². The van der Waals surface area contributed by atoms with Crippen molar-refractivity contribution in [2.24, 2.45) is 7.05 Å². The molecular weight excluding hydrogens is 314 g/mol. The van der Waals surface area contributed by atoms with Crippen LogP contribution in [0.1, 0.15) is 16.1 Å². The summed E-state index contributed by atoms with van der Waals surface area (Å²) in [7, 11) is 1.70. The third-order valence-electron chi connectivity index (χ3n) is 3.51. The molecule has 0 aliphatic carbocycles. The SMILES string of the molecule is Cc1ccc2c(c1)c(=O)c(C(=O)Nc1cccc(Cl)c1)nn2C. The number of carbonyl (C=O) groups is 1. The van der Waals surface area contributed by atoms with E-state index in [1.54, 1.807) is 37.4 Å². The Morgan fingerprint density at radius 2 is 2.00 bits per heavy atom. The molecule has 3 aromatic rings. The maximum Gasteiger partial charge on any atom is 0.280 e. The number of hydrogen-bond acceptors (Lipinski definition) is 3. The summed E-state index contributed by atoms with van der Waals surface area (Å²) >= 11 is 5.89. The van der Waals surface area contributed by atoms with Crippen LogP contribution in [0.3, 0.4) is 0 Å². The van der Waals surface area contributed by atoms with E-state index in [0.29, 0.717) is 21.6 Å². The highest BCUT2D eigenvalue weighted by Gasteiger charge is 2.17. The van der Waals surface area contributed by atoms with Crippen LogP contribution in [0.15, 0.2) is 47.3 Å². The zero-order valence-electron chi connectivity index (χ0n) is 12.6. The fraction of sp³-hybridized carbons (Fsp3) is 0.118. The van der Waals surface area contributed by atoms with Gasteiger partial charge in [0.1, 0.15) is 0 Å². The minimum absolute atomic E-state index is 0.148. The molecule has 0 bridgehead atoms. The number of halogens is 1. The molecule has 1 N–H and O–H groups in total. The monoisotopic (exact) mass is 327 g/mol. The highest BCUT2D eigenvalue weighted by atomic mass is 35.5. The summed E-state index contributed by atoms with van der Waals surface area (Å²) < 4.78 is 1.53. The van der Waals surface area contributed by atoms with Crippen molar-refractivity contribution in [3.8, 4) is 0 Å². The van der Waals surface area contributed by atoms with E-state index >= 15 is 0 Å². The van der Waals surface area contributed by atoms with Gasteiger partial charge >= 0.3 is 0 Å². The van der Waals surface area contributed by atoms with Crippen LogP contribution in [-0.2, 0) is 7.05 Å². The molecule has 0 atom stereocenters. The summed E-state index contributed by atoms with van der Waals surface area (Å²) in [6, 6.07) is 12.2. The first-order chi connectivity index (χ1) is 11.0. The third kappa shape index (κ3) is 2.96. The van der Waals surface area contributed by atoms with E-state index in [1.807, 2.05) is 19.1 Å². The van der Waals surface area contributed by atoms with Gasteiger partial charge in [-0.2, -0.15) is 5.10 Å². The lowest BCUT2D eigenvalue weighted by Gasteiger charge is -2.09. The van der Waals surface area contributed by atoms with Gasteiger partial charge in [-0.05, 0) is 37.3 Å². The van der Waals surface area contributed by atoms with Gasteiger partial charge in [0.2, 0.25) is 5.43 Å². The Morgan fingerprint density at radius 3 is 2.74 bits per heavy atom. The van der Waals surface area contributed by atoms with Crippen LogP contribution in [0, 0.1) is 6.92 Å². The molecule has 0 saturated heterocycles. The Labute approximate surface area is 137 Å². The van der Waals surface area contributed by atoms with E-state index in [9.17, 15) is 9.59 Å². The van der Waals surface area contributed by atoms with Gasteiger partial charge in [0.05, 0.1) is 10.9 Å². The van der Waals surface area contributed by atoms with Crippen LogP contribution in [-0.4, -0.2) is 15.7 Å². The van der Waals surface area contributed by atoms with Gasteiger partial charge in [-0.1, -0.05) is 29.3 Å². The van der Waals surface area contributed by atoms with Crippen molar-refractivity contribution >= 4 is 34.1 Å². The van der Waals surface area contributed by atoms with Crippen LogP contribution in [0.25, 0.3) is 10.9 Å². The highest BCUT2D eigenvalue weighted by molar-refractivity contribution is 6.30. The topological polar surface area (TPSA) is 64.0 Å². The third-order valence-corrected chi connectivity index (χ3v) is 3.74. The summed E-state index contributed by atoms with van der Waals surface area (Å²) in [5.41, 5.74) is 1.60. The molecule has 3 rings (SSSR count). The molecule has 0 fully saturated rings. The van der Waals surface area contributed by atoms with Crippen molar-refractivity contribution in [3.05, 3.63) is 69.0 Å². The second kappa shape index (κ2) is 5.85. The first kappa shape index (κ1) is 15.2. The van der Waals surface area contributed by atoms with Gasteiger partial charge in [0.15, 0.2) is 5.69 Å². The molecule has 1 heterocycles. The fourth-order valence-corrected chi connectivity index (χ4v) is 2.59. The number of fused-ring (bicyclic) bond motifs is 1. The van der Waals surface area contributed by atoms with Gasteiger partial charge in [0.25, 0.3) is 5.91 Å². The fourth-order valence-electron chi connectivity index (χ4n) is 2.40. The van der Waals surface area contributed by atoms with Crippen molar-refractivity contribution < 1.29 is 4.79 Å². The molecule has 0 unspecified atom stereocenters. The minimum atomic E-state index is -0.559. The number of aryl methyl sites for hydroxylation is 2. The Morgan fingerprint density at radius 1 is 1.22 bits per heavy atom. The smallest absolute Gasteiger partial charge is 0.280 e. The average Bonchev–Trinajstić information content (AvgIpc) is 2.50. The van der Waals surface area contributed by atoms with E-state index in [0.717, 1.165) is 5.56 Å². The van der Waals surface area contributed by atoms with E-state index in [4.69, 9.17) is 11.6 Å². The molecule has 1 aromatic heterocycles. The zero-order valence-corrected chi connectivity index (χ0v) is 13.4. The number of nitrogens with zero attached hydrogens (tertiary/aromatic N) is 2. The molecule has 5 nitrogen and oxygen atoms in total. The molecule has 0 radical (unpaired) electrons. The first-order valence-electron chi connectivity index (χ1n) is 7.00. The van der Waals surface area contributed by atoms with Crippen molar-refractivity contribution in [2.45, 2.75) is 6.92 Å². The Balaban J connectivity index is 2.07. The molecule has 0 aliphatic heterocycles. The van der Waals surface area contributed by atoms with Gasteiger partial charge in [-0.3, -0.25) is 14.3 Å². The first-order valence-corrected chi connectivity index (χ1v) is 7.38. The van der Waals surface area contributed by atoms with Crippen LogP contribution in [0.4, 0.5) is 5.69 Å². The second-order valence-electron chi connectivity index (χ2n) is 5.29. The number of aromatic nitrogens is 2. The van der Waals surface area contributed by atoms with E-state index < -0.39 is 5.91 Å². The molecule has 1 amide bonds. The molecule has 116 valence electrons. The van der Waals surface area contributed by atoms with E-state index in [1.165, 1.54) is 4.68 Å². The number of carbonyl (C=O) groups excluding carboxylic acids is 1. The lowest BCUT2D eigenvalue weighted by atomic mass is 10.1. The summed E-state index contributed by atoms with van der Waals surface area (Å²) in [6.45, 7) is 1.89. The molecular formula is C17H14ClN3O2. The summed E-state index contributed by atoms with van der Waals surface area (Å²) in [4.78, 5) is 25.0. The molecule has 6 heteroatoms. The Hall–Kier alpha value is -2.66. The van der Waals surface area contributed by atoms with Gasteiger partial charge in [0, 0.05) is 17.8 Å². The predicted molar refractivity (Wildman–Crippen MR) is 91.1 cm³/mol. The van der Waals surface area contributed by atoms with Crippen molar-refractivity contribution in [1.82, 2.24) is 9.78 Å². The number of benzene rings is 2. The quantitative estimate of drug-likeness (QED) is 0.786. The second-order valence-corrected chi connectivity index (χ2v) is 5.72. The summed E-state index contributed by atoms with van der Waals surface area (Å²) in [6.07, 6.45) is 0. The largest absolute Gasteiger partial charge is 0.320 e. The predicted octanol–water partition coefficient (Wildman–Crippen LogP) is 3.15. The number of amides is 1. The molecule has 2 aromatic carbocycles. The van der Waals surface area contributed by atoms with Crippen molar-refractivity contribution in [2.75, 3.05) is 5.32 Å². The molecule has 23 heavy (non-hydrogen) atoms. The number of nitrogens with one attached hydrogen (secondary N) is 1. The Kier molecular flexibility index (Phi) is 3.88. The number of hydrogen-bond donors (Lipinski definition) is 1. The molecule has 0 saturated carbocycles. The average molecular weight is 328 g/mol. The molecule has 0 spiro atoms. The highest BCUT2D eigenvalue weighted by Crippen LogP contribution is 2.16. The Bertz CT molecular complexity index is 979. The lowest BCUT2D eigenvalue weighted by molar-refractivity contribution is 0.101. The maximum absolute atomic E-state index is 12.6. The van der Waals surface area contributed by atoms with E-state index in [-0.39, 0.29) is 11.1 Å². The van der Waals surface area contributed by atoms with Gasteiger partial charge in [-0.15, -0.1) is 0 Å². The van der Waals surface area contributed by atoms with Crippen LogP contribution < -0.4 is 10.7 Å². The van der Waals surface area contributed by atoms with Crippen molar-refractivity contribution in [1.29, 1.82) is 0 Å². The summed E-state index contributed by atoms with van der Waals surface area (Å²) in [5.74, 6) is -0.559. The summed E-state index contributed by atoms with van der Waals surface area (Å²) in [5, 5.41) is 7.72. The van der Waals surface area contributed by atoms with Gasteiger partial charge < -0.3 is 5.32 Å². The number of anilines is 1. The molecule has 0 aliphatic rings. The normalized spacial score (nSPS) is 10.7. The van der Waals surface area contributed by atoms with Gasteiger partial charge in [-0.25, -0.2) is 0 Å². The standard InChI is InChI=1S/C17H14ClN3O2/c1-10-6-7-14-13(8-10)16(22)15(20-21(14)2)17(23)19-12-5-3-4-11(18)9-12/h3-9H,1-2H3,(H,19,23). The lowest BCUT2D eigenvalue weighted by Crippen LogP contribution is -2.26. The minimum Gasteiger partial charge on any atom is -0.320 e. The van der Waals surface area contributed by atoms with Crippen molar-refractivity contribution in [3.63, 3.8) is 0 Å². The maximum atomic E-state index is 12.6. The van der Waals surface area contributed by atoms with Crippen LogP contribution in [0.5, 0.6) is 0 Å².